The number of H-pyrrole nitrogens is 1. The molecule has 0 aliphatic carbocycles. The van der Waals surface area contributed by atoms with Gasteiger partial charge in [0.25, 0.3) is 5.56 Å². The van der Waals surface area contributed by atoms with Gasteiger partial charge in [0, 0.05) is 51.4 Å². The van der Waals surface area contributed by atoms with Crippen molar-refractivity contribution in [2.45, 2.75) is 32.2 Å². The average Bonchev–Trinajstić information content (AvgIpc) is 3.28. The van der Waals surface area contributed by atoms with Crippen LogP contribution in [0, 0.1) is 0 Å². The van der Waals surface area contributed by atoms with Crippen molar-refractivity contribution in [1.82, 2.24) is 34.5 Å². The van der Waals surface area contributed by atoms with Crippen molar-refractivity contribution in [3.8, 4) is 11.4 Å². The molecule has 33 heavy (non-hydrogen) atoms. The molecule has 0 unspecified atom stereocenters. The summed E-state index contributed by atoms with van der Waals surface area (Å²) in [5.74, 6) is 2.38. The summed E-state index contributed by atoms with van der Waals surface area (Å²) in [7, 11) is 1.64. The Morgan fingerprint density at radius 2 is 2.06 bits per heavy atom. The first-order chi connectivity index (χ1) is 15.9. The molecule has 3 N–H and O–H groups in total. The van der Waals surface area contributed by atoms with Crippen molar-refractivity contribution in [3.05, 3.63) is 41.1 Å². The lowest BCUT2D eigenvalue weighted by Crippen LogP contribution is -2.38. The summed E-state index contributed by atoms with van der Waals surface area (Å²) in [4.78, 5) is 27.8. The maximum atomic E-state index is 12.2. The van der Waals surface area contributed by atoms with Crippen LogP contribution in [-0.2, 0) is 12.6 Å². The third-order valence-electron chi connectivity index (χ3n) is 6.09. The minimum Gasteiger partial charge on any atom is -0.396 e. The number of aliphatic hydroxyl groups excluding tert-OH is 1. The standard InChI is InChI=1S/C22H27N9O2/c1-22(2,6-10-32)31-16-11-18(24-12-14(16)20(28-31)30-8-4-9-30)26-17-5-7-23-19(27-17)15-13-25-29(3)21(15)33/h5,7,11-13,25,32H,4,6,8-10H2,1-3H3,(H,23,24,26,27). The zero-order valence-corrected chi connectivity index (χ0v) is 18.9. The van der Waals surface area contributed by atoms with Crippen LogP contribution in [0.2, 0.25) is 0 Å². The SMILES string of the molecule is Cn1[nH]cc(-c2nccc(Nc3cc4c(cn3)c(N3CCC3)nn4C(C)(C)CCO)n2)c1=O. The van der Waals surface area contributed by atoms with E-state index in [1.807, 2.05) is 16.9 Å². The third-order valence-corrected chi connectivity index (χ3v) is 6.09. The van der Waals surface area contributed by atoms with Crippen LogP contribution in [0.15, 0.2) is 35.5 Å². The second kappa shape index (κ2) is 8.00. The van der Waals surface area contributed by atoms with Crippen molar-refractivity contribution >= 4 is 28.4 Å². The summed E-state index contributed by atoms with van der Waals surface area (Å²) >= 11 is 0. The van der Waals surface area contributed by atoms with Crippen LogP contribution in [0.4, 0.5) is 17.5 Å². The number of nitrogens with zero attached hydrogens (tertiary/aromatic N) is 7. The highest BCUT2D eigenvalue weighted by atomic mass is 16.3. The Labute approximate surface area is 190 Å². The van der Waals surface area contributed by atoms with Gasteiger partial charge in [-0.3, -0.25) is 14.2 Å². The van der Waals surface area contributed by atoms with Crippen molar-refractivity contribution < 1.29 is 5.11 Å². The van der Waals surface area contributed by atoms with Crippen LogP contribution < -0.4 is 15.8 Å². The van der Waals surface area contributed by atoms with E-state index in [-0.39, 0.29) is 17.7 Å². The first kappa shape index (κ1) is 21.1. The molecule has 4 aromatic heterocycles. The largest absolute Gasteiger partial charge is 0.396 e. The van der Waals surface area contributed by atoms with Gasteiger partial charge in [0.05, 0.1) is 16.4 Å². The summed E-state index contributed by atoms with van der Waals surface area (Å²) < 4.78 is 3.35. The molecule has 5 rings (SSSR count). The summed E-state index contributed by atoms with van der Waals surface area (Å²) in [6, 6.07) is 3.67. The number of hydrogen-bond donors (Lipinski definition) is 3. The first-order valence-electron chi connectivity index (χ1n) is 11.0. The summed E-state index contributed by atoms with van der Waals surface area (Å²) in [6.07, 6.45) is 6.75. The van der Waals surface area contributed by atoms with E-state index < -0.39 is 0 Å². The Hall–Kier alpha value is -3.73. The molecule has 172 valence electrons. The van der Waals surface area contributed by atoms with Gasteiger partial charge in [-0.2, -0.15) is 5.10 Å². The number of nitrogens with one attached hydrogen (secondary N) is 2. The minimum atomic E-state index is -0.370. The molecule has 5 heterocycles. The lowest BCUT2D eigenvalue weighted by molar-refractivity contribution is 0.205. The van der Waals surface area contributed by atoms with Crippen LogP contribution in [0.5, 0.6) is 0 Å². The summed E-state index contributed by atoms with van der Waals surface area (Å²) in [6.45, 7) is 6.17. The molecule has 0 saturated carbocycles. The highest BCUT2D eigenvalue weighted by molar-refractivity contribution is 5.92. The van der Waals surface area contributed by atoms with E-state index in [9.17, 15) is 9.90 Å². The van der Waals surface area contributed by atoms with E-state index in [4.69, 9.17) is 5.10 Å². The molecule has 4 aromatic rings. The number of anilines is 3. The second-order valence-electron chi connectivity index (χ2n) is 8.89. The monoisotopic (exact) mass is 449 g/mol. The van der Waals surface area contributed by atoms with Crippen LogP contribution in [-0.4, -0.2) is 59.3 Å². The van der Waals surface area contributed by atoms with Crippen molar-refractivity contribution in [3.63, 3.8) is 0 Å². The van der Waals surface area contributed by atoms with Crippen molar-refractivity contribution in [1.29, 1.82) is 0 Å². The number of fused-ring (bicyclic) bond motifs is 1. The van der Waals surface area contributed by atoms with Gasteiger partial charge in [-0.05, 0) is 32.8 Å². The van der Waals surface area contributed by atoms with Crippen LogP contribution >= 0.6 is 0 Å². The molecule has 0 atom stereocenters. The molecular weight excluding hydrogens is 422 g/mol. The van der Waals surface area contributed by atoms with E-state index in [1.54, 1.807) is 25.5 Å². The second-order valence-corrected chi connectivity index (χ2v) is 8.89. The Bertz CT molecular complexity index is 1360. The van der Waals surface area contributed by atoms with E-state index in [0.29, 0.717) is 29.4 Å². The van der Waals surface area contributed by atoms with Gasteiger partial charge in [-0.1, -0.05) is 0 Å². The van der Waals surface area contributed by atoms with Gasteiger partial charge in [-0.15, -0.1) is 0 Å². The van der Waals surface area contributed by atoms with Gasteiger partial charge < -0.3 is 20.4 Å². The fraction of sp³-hybridized carbons (Fsp3) is 0.409. The van der Waals surface area contributed by atoms with Gasteiger partial charge in [0.1, 0.15) is 17.2 Å². The van der Waals surface area contributed by atoms with Crippen molar-refractivity contribution in [2.24, 2.45) is 7.05 Å². The lowest BCUT2D eigenvalue weighted by Gasteiger charge is -2.31. The maximum Gasteiger partial charge on any atom is 0.277 e. The number of aliphatic hydroxyl groups is 1. The summed E-state index contributed by atoms with van der Waals surface area (Å²) in [5.41, 5.74) is 0.764. The smallest absolute Gasteiger partial charge is 0.277 e. The Kier molecular flexibility index (Phi) is 5.12. The lowest BCUT2D eigenvalue weighted by atomic mass is 10.0. The number of rotatable bonds is 7. The Balaban J connectivity index is 1.52. The molecule has 0 spiro atoms. The average molecular weight is 450 g/mol. The number of hydrogen-bond acceptors (Lipinski definition) is 8. The quantitative estimate of drug-likeness (QED) is 0.391. The Morgan fingerprint density at radius 1 is 1.24 bits per heavy atom. The van der Waals surface area contributed by atoms with Gasteiger partial charge >= 0.3 is 0 Å². The predicted molar refractivity (Wildman–Crippen MR) is 126 cm³/mol. The highest BCUT2D eigenvalue weighted by Gasteiger charge is 2.28. The normalized spacial score (nSPS) is 14.0. The Morgan fingerprint density at radius 3 is 2.73 bits per heavy atom. The molecule has 1 aliphatic rings. The van der Waals surface area contributed by atoms with Crippen LogP contribution in [0.1, 0.15) is 26.7 Å². The molecule has 0 amide bonds. The number of pyridine rings is 1. The van der Waals surface area contributed by atoms with Gasteiger partial charge in [0.2, 0.25) is 0 Å². The van der Waals surface area contributed by atoms with E-state index in [2.05, 4.69) is 44.1 Å². The molecule has 0 bridgehead atoms. The van der Waals surface area contributed by atoms with Crippen molar-refractivity contribution in [2.75, 3.05) is 29.9 Å². The molecule has 1 saturated heterocycles. The molecule has 1 fully saturated rings. The molecule has 0 radical (unpaired) electrons. The van der Waals surface area contributed by atoms with E-state index in [1.165, 1.54) is 4.68 Å². The molecule has 11 nitrogen and oxygen atoms in total. The summed E-state index contributed by atoms with van der Waals surface area (Å²) in [5, 5.41) is 21.5. The fourth-order valence-corrected chi connectivity index (χ4v) is 3.98. The third kappa shape index (κ3) is 3.74. The van der Waals surface area contributed by atoms with Crippen LogP contribution in [0.3, 0.4) is 0 Å². The van der Waals surface area contributed by atoms with Crippen LogP contribution in [0.25, 0.3) is 22.3 Å². The molecule has 0 aromatic carbocycles. The first-order valence-corrected chi connectivity index (χ1v) is 11.0. The van der Waals surface area contributed by atoms with E-state index in [0.717, 1.165) is 36.2 Å². The molecule has 1 aliphatic heterocycles. The zero-order chi connectivity index (χ0) is 23.2. The topological polar surface area (TPSA) is 130 Å². The predicted octanol–water partition coefficient (Wildman–Crippen LogP) is 1.99. The minimum absolute atomic E-state index is 0.0753. The van der Waals surface area contributed by atoms with E-state index >= 15 is 0 Å². The van der Waals surface area contributed by atoms with Gasteiger partial charge in [-0.25, -0.2) is 15.0 Å². The van der Waals surface area contributed by atoms with Gasteiger partial charge in [0.15, 0.2) is 11.6 Å². The molecule has 11 heteroatoms. The number of aromatic amines is 1. The maximum absolute atomic E-state index is 12.2. The number of aryl methyl sites for hydroxylation is 1. The number of aromatic nitrogens is 7. The molecular formula is C22H27N9O2. The highest BCUT2D eigenvalue weighted by Crippen LogP contribution is 2.34. The zero-order valence-electron chi connectivity index (χ0n) is 18.9. The fourth-order valence-electron chi connectivity index (χ4n) is 3.98.